The van der Waals surface area contributed by atoms with Crippen LogP contribution >= 0.6 is 0 Å². The largest absolute Gasteiger partial charge is 0.341 e. The molecule has 1 aliphatic rings. The summed E-state index contributed by atoms with van der Waals surface area (Å²) in [6, 6.07) is 7.15. The van der Waals surface area contributed by atoms with Gasteiger partial charge in [-0.15, -0.1) is 0 Å². The third-order valence-electron chi connectivity index (χ3n) is 4.13. The minimum absolute atomic E-state index is 0.0198. The summed E-state index contributed by atoms with van der Waals surface area (Å²) < 4.78 is 5.12. The van der Waals surface area contributed by atoms with E-state index in [1.54, 1.807) is 47.9 Å². The minimum Gasteiger partial charge on any atom is -0.341 e. The topological polar surface area (TPSA) is 79.5 Å². The Kier molecular flexibility index (Phi) is 4.59. The first-order valence-electron chi connectivity index (χ1n) is 8.00. The maximum Gasteiger partial charge on any atom is 0.257 e. The molecule has 0 aliphatic carbocycles. The summed E-state index contributed by atoms with van der Waals surface area (Å²) in [4.78, 5) is 31.9. The maximum absolute atomic E-state index is 12.7. The zero-order valence-corrected chi connectivity index (χ0v) is 13.9. The molecule has 1 saturated heterocycles. The SMILES string of the molecule is CC(=O)N1CCCN(C(=O)c2ccc(-c3nc(C)no3)cc2)CC1. The van der Waals surface area contributed by atoms with Crippen LogP contribution in [0.1, 0.15) is 29.5 Å². The van der Waals surface area contributed by atoms with Crippen LogP contribution in [-0.4, -0.2) is 57.9 Å². The highest BCUT2D eigenvalue weighted by molar-refractivity contribution is 5.94. The zero-order chi connectivity index (χ0) is 17.1. The average molecular weight is 328 g/mol. The Balaban J connectivity index is 1.70. The molecule has 0 bridgehead atoms. The van der Waals surface area contributed by atoms with Crippen LogP contribution in [0.5, 0.6) is 0 Å². The van der Waals surface area contributed by atoms with E-state index < -0.39 is 0 Å². The van der Waals surface area contributed by atoms with Gasteiger partial charge in [-0.1, -0.05) is 5.16 Å². The molecule has 2 heterocycles. The average Bonchev–Trinajstić information content (AvgIpc) is 2.86. The van der Waals surface area contributed by atoms with Crippen LogP contribution < -0.4 is 0 Å². The number of benzene rings is 1. The molecule has 0 unspecified atom stereocenters. The Morgan fingerprint density at radius 1 is 1.04 bits per heavy atom. The highest BCUT2D eigenvalue weighted by Gasteiger charge is 2.21. The summed E-state index contributed by atoms with van der Waals surface area (Å²) >= 11 is 0. The Labute approximate surface area is 140 Å². The molecule has 126 valence electrons. The highest BCUT2D eigenvalue weighted by atomic mass is 16.5. The molecule has 0 spiro atoms. The van der Waals surface area contributed by atoms with Gasteiger partial charge in [-0.2, -0.15) is 4.98 Å². The van der Waals surface area contributed by atoms with Crippen LogP contribution in [0.2, 0.25) is 0 Å². The Morgan fingerprint density at radius 3 is 2.33 bits per heavy atom. The Hall–Kier alpha value is -2.70. The summed E-state index contributed by atoms with van der Waals surface area (Å²) in [5.41, 5.74) is 1.40. The second-order valence-corrected chi connectivity index (χ2v) is 5.88. The molecule has 0 radical (unpaired) electrons. The molecule has 1 fully saturated rings. The zero-order valence-electron chi connectivity index (χ0n) is 13.9. The lowest BCUT2D eigenvalue weighted by molar-refractivity contribution is -0.128. The molecule has 3 rings (SSSR count). The number of rotatable bonds is 2. The molecule has 7 nitrogen and oxygen atoms in total. The quantitative estimate of drug-likeness (QED) is 0.839. The molecule has 0 saturated carbocycles. The smallest absolute Gasteiger partial charge is 0.257 e. The van der Waals surface area contributed by atoms with Crippen LogP contribution in [0.3, 0.4) is 0 Å². The number of amides is 2. The second-order valence-electron chi connectivity index (χ2n) is 5.88. The lowest BCUT2D eigenvalue weighted by atomic mass is 10.1. The summed E-state index contributed by atoms with van der Waals surface area (Å²) in [7, 11) is 0. The number of carbonyl (C=O) groups excluding carboxylic acids is 2. The fourth-order valence-electron chi connectivity index (χ4n) is 2.79. The Morgan fingerprint density at radius 2 is 1.71 bits per heavy atom. The number of aryl methyl sites for hydroxylation is 1. The van der Waals surface area contributed by atoms with E-state index in [1.165, 1.54) is 0 Å². The summed E-state index contributed by atoms with van der Waals surface area (Å²) in [5, 5.41) is 3.76. The first kappa shape index (κ1) is 16.2. The standard InChI is InChI=1S/C17H20N4O3/c1-12-18-16(24-19-12)14-4-6-15(7-5-14)17(23)21-9-3-8-20(10-11-21)13(2)22/h4-7H,3,8-11H2,1-2H3. The van der Waals surface area contributed by atoms with Crippen LogP contribution in [0.4, 0.5) is 0 Å². The van der Waals surface area contributed by atoms with E-state index in [9.17, 15) is 9.59 Å². The predicted molar refractivity (Wildman–Crippen MR) is 87.2 cm³/mol. The fourth-order valence-corrected chi connectivity index (χ4v) is 2.79. The van der Waals surface area contributed by atoms with Crippen molar-refractivity contribution in [3.05, 3.63) is 35.7 Å². The predicted octanol–water partition coefficient (Wildman–Crippen LogP) is 1.74. The van der Waals surface area contributed by atoms with Gasteiger partial charge < -0.3 is 14.3 Å². The molecule has 1 aromatic carbocycles. The third kappa shape index (κ3) is 3.45. The lowest BCUT2D eigenvalue weighted by Gasteiger charge is -2.21. The van der Waals surface area contributed by atoms with E-state index in [2.05, 4.69) is 10.1 Å². The number of hydrogen-bond donors (Lipinski definition) is 0. The van der Waals surface area contributed by atoms with Crippen molar-refractivity contribution in [2.24, 2.45) is 0 Å². The van der Waals surface area contributed by atoms with Gasteiger partial charge in [0.05, 0.1) is 0 Å². The van der Waals surface area contributed by atoms with Gasteiger partial charge in [0, 0.05) is 44.2 Å². The second kappa shape index (κ2) is 6.82. The van der Waals surface area contributed by atoms with Gasteiger partial charge >= 0.3 is 0 Å². The first-order chi connectivity index (χ1) is 11.5. The molecule has 24 heavy (non-hydrogen) atoms. The lowest BCUT2D eigenvalue weighted by Crippen LogP contribution is -2.36. The van der Waals surface area contributed by atoms with Gasteiger partial charge in [0.1, 0.15) is 0 Å². The maximum atomic E-state index is 12.7. The molecule has 2 amide bonds. The molecule has 1 aliphatic heterocycles. The van der Waals surface area contributed by atoms with E-state index in [4.69, 9.17) is 4.52 Å². The van der Waals surface area contributed by atoms with Crippen molar-refractivity contribution in [3.8, 4) is 11.5 Å². The van der Waals surface area contributed by atoms with Gasteiger partial charge in [-0.05, 0) is 37.6 Å². The van der Waals surface area contributed by atoms with Crippen molar-refractivity contribution < 1.29 is 14.1 Å². The molecular formula is C17H20N4O3. The summed E-state index contributed by atoms with van der Waals surface area (Å²) in [5.74, 6) is 1.06. The molecule has 1 aromatic heterocycles. The van der Waals surface area contributed by atoms with Gasteiger partial charge in [-0.3, -0.25) is 9.59 Å². The fraction of sp³-hybridized carbons (Fsp3) is 0.412. The molecule has 0 N–H and O–H groups in total. The molecule has 0 atom stereocenters. The normalized spacial score (nSPS) is 15.2. The highest BCUT2D eigenvalue weighted by Crippen LogP contribution is 2.18. The monoisotopic (exact) mass is 328 g/mol. The van der Waals surface area contributed by atoms with Crippen molar-refractivity contribution in [1.29, 1.82) is 0 Å². The van der Waals surface area contributed by atoms with E-state index in [0.717, 1.165) is 12.0 Å². The van der Waals surface area contributed by atoms with Crippen LogP contribution in [0, 0.1) is 6.92 Å². The first-order valence-corrected chi connectivity index (χ1v) is 8.00. The number of carbonyl (C=O) groups is 2. The molecule has 2 aromatic rings. The van der Waals surface area contributed by atoms with Crippen molar-refractivity contribution in [2.45, 2.75) is 20.3 Å². The van der Waals surface area contributed by atoms with Crippen LogP contribution in [0.25, 0.3) is 11.5 Å². The summed E-state index contributed by atoms with van der Waals surface area (Å²) in [6.07, 6.45) is 0.796. The number of aromatic nitrogens is 2. The van der Waals surface area contributed by atoms with Gasteiger partial charge in [0.15, 0.2) is 5.82 Å². The van der Waals surface area contributed by atoms with Gasteiger partial charge in [0.25, 0.3) is 11.8 Å². The van der Waals surface area contributed by atoms with E-state index >= 15 is 0 Å². The molecule has 7 heteroatoms. The van der Waals surface area contributed by atoms with E-state index in [0.29, 0.717) is 43.5 Å². The van der Waals surface area contributed by atoms with Crippen LogP contribution in [-0.2, 0) is 4.79 Å². The summed E-state index contributed by atoms with van der Waals surface area (Å²) in [6.45, 7) is 5.83. The van der Waals surface area contributed by atoms with Crippen molar-refractivity contribution in [2.75, 3.05) is 26.2 Å². The van der Waals surface area contributed by atoms with Crippen molar-refractivity contribution in [1.82, 2.24) is 19.9 Å². The van der Waals surface area contributed by atoms with Gasteiger partial charge in [0.2, 0.25) is 5.91 Å². The molecular weight excluding hydrogens is 308 g/mol. The van der Waals surface area contributed by atoms with Gasteiger partial charge in [-0.25, -0.2) is 0 Å². The Bertz CT molecular complexity index is 739. The van der Waals surface area contributed by atoms with Crippen molar-refractivity contribution in [3.63, 3.8) is 0 Å². The number of hydrogen-bond acceptors (Lipinski definition) is 5. The van der Waals surface area contributed by atoms with E-state index in [-0.39, 0.29) is 11.8 Å². The number of nitrogens with zero attached hydrogens (tertiary/aromatic N) is 4. The van der Waals surface area contributed by atoms with Crippen LogP contribution in [0.15, 0.2) is 28.8 Å². The minimum atomic E-state index is -0.0198. The van der Waals surface area contributed by atoms with E-state index in [1.807, 2.05) is 0 Å². The van der Waals surface area contributed by atoms with Crippen molar-refractivity contribution >= 4 is 11.8 Å². The third-order valence-corrected chi connectivity index (χ3v) is 4.13.